The van der Waals surface area contributed by atoms with E-state index in [2.05, 4.69) is 5.32 Å². The van der Waals surface area contributed by atoms with Crippen molar-refractivity contribution in [2.24, 2.45) is 0 Å². The number of hydrogen-bond donors (Lipinski definition) is 1. The van der Waals surface area contributed by atoms with E-state index in [-0.39, 0.29) is 6.54 Å². The first kappa shape index (κ1) is 16.4. The van der Waals surface area contributed by atoms with Crippen molar-refractivity contribution in [3.8, 4) is 0 Å². The van der Waals surface area contributed by atoms with Gasteiger partial charge >= 0.3 is 6.18 Å². The van der Waals surface area contributed by atoms with Crippen LogP contribution in [0.5, 0.6) is 0 Å². The summed E-state index contributed by atoms with van der Waals surface area (Å²) >= 11 is 6.03. The lowest BCUT2D eigenvalue weighted by Crippen LogP contribution is -2.26. The van der Waals surface area contributed by atoms with Crippen molar-refractivity contribution in [2.45, 2.75) is 18.1 Å². The fourth-order valence-electron chi connectivity index (χ4n) is 1.91. The summed E-state index contributed by atoms with van der Waals surface area (Å²) in [7, 11) is 0. The fourth-order valence-corrected chi connectivity index (χ4v) is 2.13. The predicted octanol–water partition coefficient (Wildman–Crippen LogP) is 4.30. The molecule has 1 N–H and O–H groups in total. The molecule has 0 unspecified atom stereocenters. The zero-order valence-electron chi connectivity index (χ0n) is 11.4. The largest absolute Gasteiger partial charge is 0.416 e. The highest BCUT2D eigenvalue weighted by Gasteiger charge is 2.30. The molecule has 22 heavy (non-hydrogen) atoms. The Morgan fingerprint density at radius 3 is 2.41 bits per heavy atom. The molecule has 2 aromatic carbocycles. The Kier molecular flexibility index (Phi) is 5.08. The van der Waals surface area contributed by atoms with Crippen LogP contribution in [0.1, 0.15) is 22.1 Å². The van der Waals surface area contributed by atoms with Gasteiger partial charge in [-0.3, -0.25) is 4.79 Å². The van der Waals surface area contributed by atoms with Crippen LogP contribution in [0.4, 0.5) is 13.2 Å². The van der Waals surface area contributed by atoms with Gasteiger partial charge in [-0.05, 0) is 23.3 Å². The highest BCUT2D eigenvalue weighted by atomic mass is 35.5. The van der Waals surface area contributed by atoms with Gasteiger partial charge in [0.1, 0.15) is 5.38 Å². The third kappa shape index (κ3) is 4.24. The normalized spacial score (nSPS) is 12.7. The van der Waals surface area contributed by atoms with Crippen molar-refractivity contribution in [1.82, 2.24) is 5.32 Å². The molecule has 0 heterocycles. The smallest absolute Gasteiger partial charge is 0.350 e. The van der Waals surface area contributed by atoms with Gasteiger partial charge in [0.05, 0.1) is 5.56 Å². The van der Waals surface area contributed by atoms with E-state index < -0.39 is 23.0 Å². The number of hydrogen-bond acceptors (Lipinski definition) is 1. The van der Waals surface area contributed by atoms with Gasteiger partial charge in [0.2, 0.25) is 5.91 Å². The zero-order chi connectivity index (χ0) is 16.2. The Hall–Kier alpha value is -2.01. The van der Waals surface area contributed by atoms with Crippen molar-refractivity contribution < 1.29 is 18.0 Å². The van der Waals surface area contributed by atoms with E-state index in [4.69, 9.17) is 11.6 Å². The number of carbonyl (C=O) groups is 1. The lowest BCUT2D eigenvalue weighted by molar-refractivity contribution is -0.137. The SMILES string of the molecule is O=C(NCc1cccc(C(F)(F)F)c1)[C@H](Cl)c1ccccc1. The summed E-state index contributed by atoms with van der Waals surface area (Å²) in [5.41, 5.74) is 0.246. The van der Waals surface area contributed by atoms with Gasteiger partial charge in [0.25, 0.3) is 0 Å². The molecule has 1 amide bonds. The summed E-state index contributed by atoms with van der Waals surface area (Å²) < 4.78 is 37.8. The van der Waals surface area contributed by atoms with E-state index in [1.165, 1.54) is 12.1 Å². The molecule has 0 radical (unpaired) electrons. The average molecular weight is 328 g/mol. The highest BCUT2D eigenvalue weighted by molar-refractivity contribution is 6.30. The molecule has 0 aliphatic heterocycles. The number of amides is 1. The van der Waals surface area contributed by atoms with Crippen molar-refractivity contribution in [3.05, 3.63) is 71.3 Å². The van der Waals surface area contributed by atoms with E-state index in [1.807, 2.05) is 0 Å². The van der Waals surface area contributed by atoms with Crippen LogP contribution in [-0.2, 0) is 17.5 Å². The van der Waals surface area contributed by atoms with Crippen LogP contribution in [0, 0.1) is 0 Å². The molecule has 0 aliphatic carbocycles. The molecule has 0 saturated carbocycles. The van der Waals surface area contributed by atoms with E-state index in [9.17, 15) is 18.0 Å². The van der Waals surface area contributed by atoms with Crippen LogP contribution in [0.2, 0.25) is 0 Å². The second-order valence-electron chi connectivity index (χ2n) is 4.69. The third-order valence-electron chi connectivity index (χ3n) is 3.04. The number of carbonyl (C=O) groups excluding carboxylic acids is 1. The molecule has 0 aliphatic rings. The molecule has 2 rings (SSSR count). The number of rotatable bonds is 4. The summed E-state index contributed by atoms with van der Waals surface area (Å²) in [6.07, 6.45) is -4.40. The molecular formula is C16H13ClF3NO. The Bertz CT molecular complexity index is 643. The Balaban J connectivity index is 2.00. The van der Waals surface area contributed by atoms with Gasteiger partial charge in [-0.2, -0.15) is 13.2 Å². The molecule has 6 heteroatoms. The summed E-state index contributed by atoms with van der Waals surface area (Å²) in [6, 6.07) is 13.5. The van der Waals surface area contributed by atoms with Crippen LogP contribution in [-0.4, -0.2) is 5.91 Å². The number of nitrogens with one attached hydrogen (secondary N) is 1. The Labute approximate surface area is 130 Å². The summed E-state index contributed by atoms with van der Waals surface area (Å²) in [5.74, 6) is -0.453. The minimum Gasteiger partial charge on any atom is -0.350 e. The van der Waals surface area contributed by atoms with Crippen LogP contribution in [0.15, 0.2) is 54.6 Å². The summed E-state index contributed by atoms with van der Waals surface area (Å²) in [5, 5.41) is 1.66. The first-order chi connectivity index (χ1) is 10.4. The minimum atomic E-state index is -4.40. The molecular weight excluding hydrogens is 315 g/mol. The first-order valence-corrected chi connectivity index (χ1v) is 6.94. The van der Waals surface area contributed by atoms with Crippen LogP contribution in [0.3, 0.4) is 0 Å². The monoisotopic (exact) mass is 327 g/mol. The van der Waals surface area contributed by atoms with Crippen LogP contribution < -0.4 is 5.32 Å². The highest BCUT2D eigenvalue weighted by Crippen LogP contribution is 2.29. The third-order valence-corrected chi connectivity index (χ3v) is 3.49. The summed E-state index contributed by atoms with van der Waals surface area (Å²) in [4.78, 5) is 11.9. The maximum absolute atomic E-state index is 12.6. The number of alkyl halides is 4. The molecule has 0 bridgehead atoms. The van der Waals surface area contributed by atoms with Gasteiger partial charge in [-0.1, -0.05) is 42.5 Å². The fraction of sp³-hybridized carbons (Fsp3) is 0.188. The molecule has 0 spiro atoms. The number of halogens is 4. The van der Waals surface area contributed by atoms with Gasteiger partial charge in [-0.25, -0.2) is 0 Å². The van der Waals surface area contributed by atoms with Crippen LogP contribution >= 0.6 is 11.6 Å². The lowest BCUT2D eigenvalue weighted by atomic mass is 10.1. The standard InChI is InChI=1S/C16H13ClF3NO/c17-14(12-6-2-1-3-7-12)15(22)21-10-11-5-4-8-13(9-11)16(18,19)20/h1-9,14H,10H2,(H,21,22)/t14-/m1/s1. The molecule has 0 saturated heterocycles. The Morgan fingerprint density at radius 1 is 1.09 bits per heavy atom. The first-order valence-electron chi connectivity index (χ1n) is 6.51. The van der Waals surface area contributed by atoms with E-state index in [0.717, 1.165) is 12.1 Å². The van der Waals surface area contributed by atoms with Crippen molar-refractivity contribution in [1.29, 1.82) is 0 Å². The molecule has 0 fully saturated rings. The molecule has 1 atom stereocenters. The second kappa shape index (κ2) is 6.83. The van der Waals surface area contributed by atoms with Gasteiger partial charge in [-0.15, -0.1) is 11.6 Å². The molecule has 116 valence electrons. The second-order valence-corrected chi connectivity index (χ2v) is 5.13. The Morgan fingerprint density at radius 2 is 1.77 bits per heavy atom. The summed E-state index contributed by atoms with van der Waals surface area (Å²) in [6.45, 7) is -0.0151. The minimum absolute atomic E-state index is 0.0151. The van der Waals surface area contributed by atoms with Gasteiger partial charge in [0.15, 0.2) is 0 Å². The quantitative estimate of drug-likeness (QED) is 0.833. The molecule has 2 nitrogen and oxygen atoms in total. The molecule has 2 aromatic rings. The topological polar surface area (TPSA) is 29.1 Å². The average Bonchev–Trinajstić information content (AvgIpc) is 2.52. The van der Waals surface area contributed by atoms with Crippen LogP contribution in [0.25, 0.3) is 0 Å². The van der Waals surface area contributed by atoms with E-state index in [1.54, 1.807) is 30.3 Å². The zero-order valence-corrected chi connectivity index (χ0v) is 12.2. The number of benzene rings is 2. The molecule has 0 aromatic heterocycles. The lowest BCUT2D eigenvalue weighted by Gasteiger charge is -2.12. The van der Waals surface area contributed by atoms with E-state index in [0.29, 0.717) is 11.1 Å². The predicted molar refractivity (Wildman–Crippen MR) is 78.3 cm³/mol. The van der Waals surface area contributed by atoms with Crippen molar-refractivity contribution >= 4 is 17.5 Å². The maximum Gasteiger partial charge on any atom is 0.416 e. The van der Waals surface area contributed by atoms with Crippen molar-refractivity contribution in [3.63, 3.8) is 0 Å². The van der Waals surface area contributed by atoms with Gasteiger partial charge in [0, 0.05) is 6.54 Å². The van der Waals surface area contributed by atoms with Crippen molar-refractivity contribution in [2.75, 3.05) is 0 Å². The maximum atomic E-state index is 12.6. The van der Waals surface area contributed by atoms with E-state index >= 15 is 0 Å². The van der Waals surface area contributed by atoms with Gasteiger partial charge < -0.3 is 5.32 Å².